The number of hydrogen-bond acceptors (Lipinski definition) is 6. The van der Waals surface area contributed by atoms with E-state index in [1.807, 2.05) is 0 Å². The third-order valence-corrected chi connectivity index (χ3v) is 6.60. The lowest BCUT2D eigenvalue weighted by atomic mass is 9.66. The van der Waals surface area contributed by atoms with Crippen molar-refractivity contribution >= 4 is 29.2 Å². The van der Waals surface area contributed by atoms with Gasteiger partial charge in [-0.25, -0.2) is 23.7 Å². The molecule has 1 aliphatic carbocycles. The Balaban J connectivity index is 1.49. The van der Waals surface area contributed by atoms with Crippen LogP contribution in [0.25, 0.3) is 5.52 Å². The molecule has 1 N–H and O–H groups in total. The summed E-state index contributed by atoms with van der Waals surface area (Å²) in [6.45, 7) is 7.90. The minimum Gasteiger partial charge on any atom is -0.444 e. The Morgan fingerprint density at radius 3 is 2.74 bits per heavy atom. The first kappa shape index (κ1) is 22.0. The molecule has 0 radical (unpaired) electrons. The zero-order valence-corrected chi connectivity index (χ0v) is 19.2. The highest BCUT2D eigenvalue weighted by Gasteiger charge is 2.41. The SMILES string of the molecule is CCC1(c2nc(Cl)c3cnc(N[C@@H]4CCN(C(=O)OC(C)(C)C)C[C@H]4F)nn23)CCC1. The van der Waals surface area contributed by atoms with Crippen LogP contribution >= 0.6 is 11.6 Å². The Morgan fingerprint density at radius 2 is 2.16 bits per heavy atom. The molecule has 4 rings (SSSR count). The van der Waals surface area contributed by atoms with E-state index in [2.05, 4.69) is 27.3 Å². The molecule has 2 fully saturated rings. The molecule has 2 aromatic heterocycles. The molecule has 1 aliphatic heterocycles. The lowest BCUT2D eigenvalue weighted by Crippen LogP contribution is -2.51. The molecule has 3 heterocycles. The number of nitrogens with one attached hydrogen (secondary N) is 1. The highest BCUT2D eigenvalue weighted by Crippen LogP contribution is 2.46. The summed E-state index contributed by atoms with van der Waals surface area (Å²) in [6, 6.07) is -0.498. The summed E-state index contributed by atoms with van der Waals surface area (Å²) in [5.74, 6) is 1.18. The standard InChI is InChI=1S/C21H30ClFN6O2/c1-5-21(8-6-9-21)17-26-16(22)15-11-24-18(27-29(15)17)25-14-7-10-28(12-13(14)23)19(30)31-20(2,3)4/h11,13-14H,5-10,12H2,1-4H3,(H,25,27)/t13-,14-/m1/s1. The number of imidazole rings is 1. The van der Waals surface area contributed by atoms with Gasteiger partial charge in [0, 0.05) is 12.0 Å². The number of amides is 1. The van der Waals surface area contributed by atoms with Crippen molar-refractivity contribution in [1.29, 1.82) is 0 Å². The monoisotopic (exact) mass is 452 g/mol. The first-order valence-electron chi connectivity index (χ1n) is 10.9. The summed E-state index contributed by atoms with van der Waals surface area (Å²) in [7, 11) is 0. The second-order valence-electron chi connectivity index (χ2n) is 9.57. The van der Waals surface area contributed by atoms with Crippen molar-refractivity contribution in [3.05, 3.63) is 17.2 Å². The van der Waals surface area contributed by atoms with Gasteiger partial charge >= 0.3 is 6.09 Å². The van der Waals surface area contributed by atoms with Gasteiger partial charge in [0.1, 0.15) is 23.1 Å². The number of aromatic nitrogens is 4. The number of halogens is 2. The van der Waals surface area contributed by atoms with Gasteiger partial charge in [0.15, 0.2) is 5.15 Å². The minimum absolute atomic E-state index is 0.0109. The number of hydrogen-bond donors (Lipinski definition) is 1. The summed E-state index contributed by atoms with van der Waals surface area (Å²) in [5, 5.41) is 8.09. The number of ether oxygens (including phenoxy) is 1. The zero-order chi connectivity index (χ0) is 22.4. The van der Waals surface area contributed by atoms with Crippen LogP contribution in [0, 0.1) is 0 Å². The van der Waals surface area contributed by atoms with E-state index in [4.69, 9.17) is 16.3 Å². The van der Waals surface area contributed by atoms with Crippen molar-refractivity contribution in [2.75, 3.05) is 18.4 Å². The molecule has 8 nitrogen and oxygen atoms in total. The first-order valence-corrected chi connectivity index (χ1v) is 11.3. The van der Waals surface area contributed by atoms with Crippen LogP contribution in [0.3, 0.4) is 0 Å². The molecule has 31 heavy (non-hydrogen) atoms. The second kappa shape index (κ2) is 8.07. The molecule has 1 saturated heterocycles. The van der Waals surface area contributed by atoms with Crippen LogP contribution in [0.15, 0.2) is 6.20 Å². The maximum atomic E-state index is 14.9. The van der Waals surface area contributed by atoms with Crippen LogP contribution in [0.2, 0.25) is 5.15 Å². The maximum Gasteiger partial charge on any atom is 0.410 e. The Hall–Kier alpha value is -2.16. The Kier molecular flexibility index (Phi) is 5.74. The summed E-state index contributed by atoms with van der Waals surface area (Å²) in [6.07, 6.45) is 4.54. The van der Waals surface area contributed by atoms with Crippen LogP contribution in [-0.2, 0) is 10.2 Å². The zero-order valence-electron chi connectivity index (χ0n) is 18.5. The van der Waals surface area contributed by atoms with Gasteiger partial charge in [0.25, 0.3) is 0 Å². The fraction of sp³-hybridized carbons (Fsp3) is 0.714. The molecule has 10 heteroatoms. The number of carbonyl (C=O) groups is 1. The third kappa shape index (κ3) is 4.29. The second-order valence-corrected chi connectivity index (χ2v) is 9.93. The van der Waals surface area contributed by atoms with E-state index in [0.29, 0.717) is 29.6 Å². The van der Waals surface area contributed by atoms with Crippen LogP contribution in [0.1, 0.15) is 65.6 Å². The molecular weight excluding hydrogens is 423 g/mol. The molecule has 170 valence electrons. The fourth-order valence-corrected chi connectivity index (χ4v) is 4.53. The number of piperidine rings is 1. The van der Waals surface area contributed by atoms with Gasteiger partial charge in [-0.2, -0.15) is 0 Å². The quantitative estimate of drug-likeness (QED) is 0.741. The Morgan fingerprint density at radius 1 is 1.42 bits per heavy atom. The topological polar surface area (TPSA) is 84.7 Å². The van der Waals surface area contributed by atoms with Gasteiger partial charge in [0.2, 0.25) is 5.95 Å². The number of anilines is 1. The molecule has 2 aromatic rings. The predicted octanol–water partition coefficient (Wildman–Crippen LogP) is 4.37. The van der Waals surface area contributed by atoms with Gasteiger partial charge in [0.05, 0.1) is 18.8 Å². The normalized spacial score (nSPS) is 23.5. The molecule has 0 aromatic carbocycles. The van der Waals surface area contributed by atoms with E-state index >= 15 is 0 Å². The van der Waals surface area contributed by atoms with Crippen LogP contribution in [-0.4, -0.2) is 61.5 Å². The maximum absolute atomic E-state index is 14.9. The van der Waals surface area contributed by atoms with Crippen molar-refractivity contribution < 1.29 is 13.9 Å². The van der Waals surface area contributed by atoms with Crippen LogP contribution in [0.5, 0.6) is 0 Å². The number of likely N-dealkylation sites (tertiary alicyclic amines) is 1. The van der Waals surface area contributed by atoms with E-state index in [1.165, 1.54) is 4.90 Å². The molecule has 0 unspecified atom stereocenters. The lowest BCUT2D eigenvalue weighted by Gasteiger charge is -2.39. The van der Waals surface area contributed by atoms with Crippen molar-refractivity contribution in [1.82, 2.24) is 24.5 Å². The van der Waals surface area contributed by atoms with Gasteiger partial charge < -0.3 is 15.0 Å². The van der Waals surface area contributed by atoms with Crippen molar-refractivity contribution in [2.45, 2.75) is 83.0 Å². The first-order chi connectivity index (χ1) is 14.6. The van der Waals surface area contributed by atoms with Crippen LogP contribution in [0.4, 0.5) is 15.1 Å². The molecule has 1 amide bonds. The van der Waals surface area contributed by atoms with E-state index in [0.717, 1.165) is 31.5 Å². The summed E-state index contributed by atoms with van der Waals surface area (Å²) < 4.78 is 22.0. The Bertz CT molecular complexity index is 965. The van der Waals surface area contributed by atoms with E-state index in [9.17, 15) is 9.18 Å². The summed E-state index contributed by atoms with van der Waals surface area (Å²) in [5.41, 5.74) is 0.0307. The van der Waals surface area contributed by atoms with Gasteiger partial charge in [-0.05, 0) is 46.5 Å². The van der Waals surface area contributed by atoms with Crippen molar-refractivity contribution in [3.63, 3.8) is 0 Å². The highest BCUT2D eigenvalue weighted by molar-refractivity contribution is 6.32. The average molecular weight is 453 g/mol. The van der Waals surface area contributed by atoms with Crippen molar-refractivity contribution in [2.24, 2.45) is 0 Å². The highest BCUT2D eigenvalue weighted by atomic mass is 35.5. The van der Waals surface area contributed by atoms with Gasteiger partial charge in [-0.1, -0.05) is 24.9 Å². The van der Waals surface area contributed by atoms with Gasteiger partial charge in [-0.3, -0.25) is 0 Å². The number of carbonyl (C=O) groups excluding carboxylic acids is 1. The summed E-state index contributed by atoms with van der Waals surface area (Å²) in [4.78, 5) is 22.6. The fourth-order valence-electron chi connectivity index (χ4n) is 4.32. The van der Waals surface area contributed by atoms with Crippen LogP contribution < -0.4 is 5.32 Å². The number of nitrogens with zero attached hydrogens (tertiary/aromatic N) is 5. The molecule has 0 bridgehead atoms. The van der Waals surface area contributed by atoms with Crippen molar-refractivity contribution in [3.8, 4) is 0 Å². The van der Waals surface area contributed by atoms with E-state index in [1.54, 1.807) is 31.5 Å². The number of alkyl halides is 1. The van der Waals surface area contributed by atoms with E-state index < -0.39 is 23.9 Å². The molecule has 0 spiro atoms. The summed E-state index contributed by atoms with van der Waals surface area (Å²) >= 11 is 6.34. The lowest BCUT2D eigenvalue weighted by molar-refractivity contribution is 0.0125. The molecular formula is C21H30ClFN6O2. The molecule has 1 saturated carbocycles. The minimum atomic E-state index is -1.26. The smallest absolute Gasteiger partial charge is 0.410 e. The van der Waals surface area contributed by atoms with E-state index in [-0.39, 0.29) is 12.0 Å². The molecule has 2 atom stereocenters. The largest absolute Gasteiger partial charge is 0.444 e. The molecule has 2 aliphatic rings. The Labute approximate surface area is 186 Å². The predicted molar refractivity (Wildman–Crippen MR) is 116 cm³/mol. The van der Waals surface area contributed by atoms with Gasteiger partial charge in [-0.15, -0.1) is 5.10 Å². The number of rotatable bonds is 4. The third-order valence-electron chi connectivity index (χ3n) is 6.32. The average Bonchev–Trinajstić information content (AvgIpc) is 2.98. The number of fused-ring (bicyclic) bond motifs is 1.